The van der Waals surface area contributed by atoms with Gasteiger partial charge in [0.2, 0.25) is 0 Å². The summed E-state index contributed by atoms with van der Waals surface area (Å²) in [6, 6.07) is 0. The van der Waals surface area contributed by atoms with E-state index in [0.717, 1.165) is 26.2 Å². The average Bonchev–Trinajstić information content (AvgIpc) is 2.17. The lowest BCUT2D eigenvalue weighted by Gasteiger charge is -2.31. The largest absolute Gasteiger partial charge is 0.234 e. The van der Waals surface area contributed by atoms with Crippen molar-refractivity contribution in [2.75, 3.05) is 26.2 Å². The third-order valence-electron chi connectivity index (χ3n) is 1.76. The van der Waals surface area contributed by atoms with Gasteiger partial charge in [-0.1, -0.05) is 24.3 Å². The molecule has 0 N–H and O–H groups in total. The van der Waals surface area contributed by atoms with Crippen LogP contribution in [-0.4, -0.2) is 36.2 Å². The topological polar surface area (TPSA) is 6.48 Å². The van der Waals surface area contributed by atoms with E-state index in [1.165, 1.54) is 0 Å². The molecule has 86 valence electrons. The van der Waals surface area contributed by atoms with Gasteiger partial charge in [0.15, 0.2) is 0 Å². The van der Waals surface area contributed by atoms with E-state index in [-0.39, 0.29) is 12.4 Å². The van der Waals surface area contributed by atoms with Crippen LogP contribution in [0.15, 0.2) is 50.6 Å². The zero-order valence-corrected chi connectivity index (χ0v) is 10.1. The molecule has 0 aromatic carbocycles. The first-order valence-electron chi connectivity index (χ1n) is 4.73. The number of hydrogen-bond donors (Lipinski definition) is 0. The van der Waals surface area contributed by atoms with Gasteiger partial charge >= 0.3 is 0 Å². The molecule has 0 radical (unpaired) electrons. The lowest BCUT2D eigenvalue weighted by Crippen LogP contribution is -2.43. The molecule has 2 nitrogen and oxygen atoms in total. The van der Waals surface area contributed by atoms with E-state index in [1.807, 2.05) is 24.3 Å². The second-order valence-electron chi connectivity index (χ2n) is 2.90. The first-order valence-corrected chi connectivity index (χ1v) is 4.73. The van der Waals surface area contributed by atoms with E-state index >= 15 is 0 Å². The minimum absolute atomic E-state index is 0. The van der Waals surface area contributed by atoms with Crippen LogP contribution in [0.5, 0.6) is 0 Å². The van der Waals surface area contributed by atoms with Crippen molar-refractivity contribution < 1.29 is 0 Å². The van der Waals surface area contributed by atoms with Gasteiger partial charge in [-0.3, -0.25) is 0 Å². The summed E-state index contributed by atoms with van der Waals surface area (Å²) in [7, 11) is 0. The normalized spacial score (nSPS) is 9.47. The van der Waals surface area contributed by atoms with E-state index in [9.17, 15) is 0 Å². The summed E-state index contributed by atoms with van der Waals surface area (Å²) in [4.78, 5) is 0. The van der Waals surface area contributed by atoms with Gasteiger partial charge in [0.1, 0.15) is 0 Å². The van der Waals surface area contributed by atoms with Gasteiger partial charge < -0.3 is 0 Å². The maximum atomic E-state index is 3.73. The van der Waals surface area contributed by atoms with Gasteiger partial charge in [0, 0.05) is 26.2 Å². The number of hydrogen-bond acceptors (Lipinski definition) is 2. The molecule has 0 aliphatic rings. The van der Waals surface area contributed by atoms with Crippen LogP contribution in [-0.2, 0) is 0 Å². The molecule has 0 atom stereocenters. The first-order chi connectivity index (χ1) is 6.79. The van der Waals surface area contributed by atoms with E-state index in [1.54, 1.807) is 0 Å². The highest BCUT2D eigenvalue weighted by atomic mass is 35.5. The van der Waals surface area contributed by atoms with Crippen LogP contribution >= 0.6 is 12.4 Å². The van der Waals surface area contributed by atoms with Crippen molar-refractivity contribution in [3.63, 3.8) is 0 Å². The zero-order chi connectivity index (χ0) is 10.8. The summed E-state index contributed by atoms with van der Waals surface area (Å²) in [5.74, 6) is 0. The highest BCUT2D eigenvalue weighted by molar-refractivity contribution is 5.85. The van der Waals surface area contributed by atoms with Crippen molar-refractivity contribution >= 4 is 12.4 Å². The minimum Gasteiger partial charge on any atom is -0.234 e. The van der Waals surface area contributed by atoms with Crippen LogP contribution in [0.25, 0.3) is 0 Å². The van der Waals surface area contributed by atoms with Crippen molar-refractivity contribution in [2.24, 2.45) is 0 Å². The fourth-order valence-corrected chi connectivity index (χ4v) is 1.21. The van der Waals surface area contributed by atoms with E-state index < -0.39 is 0 Å². The number of halogens is 1. The lowest BCUT2D eigenvalue weighted by molar-refractivity contribution is 0.0192. The molecule has 0 amide bonds. The Morgan fingerprint density at radius 3 is 0.933 bits per heavy atom. The van der Waals surface area contributed by atoms with Gasteiger partial charge in [-0.2, -0.15) is 0 Å². The van der Waals surface area contributed by atoms with Gasteiger partial charge in [-0.05, 0) is 0 Å². The Bertz CT molecular complexity index is 160. The van der Waals surface area contributed by atoms with Crippen LogP contribution in [0.2, 0.25) is 0 Å². The molecule has 15 heavy (non-hydrogen) atoms. The molecule has 0 unspecified atom stereocenters. The highest BCUT2D eigenvalue weighted by Crippen LogP contribution is 1.99. The Kier molecular flexibility index (Phi) is 12.4. The Hall–Kier alpha value is -0.830. The number of nitrogens with zero attached hydrogens (tertiary/aromatic N) is 2. The SMILES string of the molecule is C=CCN(CC=C)N(CC=C)CC=C.Cl. The molecule has 0 fully saturated rings. The molecule has 0 aliphatic heterocycles. The maximum Gasteiger partial charge on any atom is 0.0315 e. The monoisotopic (exact) mass is 228 g/mol. The summed E-state index contributed by atoms with van der Waals surface area (Å²) in [5, 5.41) is 4.31. The zero-order valence-electron chi connectivity index (χ0n) is 9.27. The van der Waals surface area contributed by atoms with Crippen LogP contribution in [0.1, 0.15) is 0 Å². The second kappa shape index (κ2) is 11.2. The second-order valence-corrected chi connectivity index (χ2v) is 2.90. The Morgan fingerprint density at radius 2 is 0.800 bits per heavy atom. The molecule has 0 saturated carbocycles. The van der Waals surface area contributed by atoms with E-state index in [2.05, 4.69) is 36.3 Å². The molecule has 0 aliphatic carbocycles. The summed E-state index contributed by atoms with van der Waals surface area (Å²) < 4.78 is 0. The van der Waals surface area contributed by atoms with E-state index in [4.69, 9.17) is 0 Å². The van der Waals surface area contributed by atoms with Crippen molar-refractivity contribution in [2.45, 2.75) is 0 Å². The fraction of sp³-hybridized carbons (Fsp3) is 0.333. The predicted molar refractivity (Wildman–Crippen MR) is 71.2 cm³/mol. The molecule has 0 heterocycles. The third kappa shape index (κ3) is 7.14. The predicted octanol–water partition coefficient (Wildman–Crippen LogP) is 2.67. The lowest BCUT2D eigenvalue weighted by atomic mass is 10.4. The molecule has 0 bridgehead atoms. The number of rotatable bonds is 9. The molecule has 0 rings (SSSR count). The van der Waals surface area contributed by atoms with Crippen molar-refractivity contribution in [3.8, 4) is 0 Å². The van der Waals surface area contributed by atoms with Crippen molar-refractivity contribution in [1.29, 1.82) is 0 Å². The molecular weight excluding hydrogens is 208 g/mol. The summed E-state index contributed by atoms with van der Waals surface area (Å²) >= 11 is 0. The van der Waals surface area contributed by atoms with Gasteiger partial charge in [0.05, 0.1) is 0 Å². The smallest absolute Gasteiger partial charge is 0.0315 e. The average molecular weight is 229 g/mol. The Balaban J connectivity index is 0. The van der Waals surface area contributed by atoms with Crippen LogP contribution in [0, 0.1) is 0 Å². The molecule has 0 aromatic heterocycles. The summed E-state index contributed by atoms with van der Waals surface area (Å²) in [6.07, 6.45) is 7.51. The molecule has 0 saturated heterocycles. The molecule has 3 heteroatoms. The standard InChI is InChI=1S/C12H20N2.ClH/c1-5-9-13(10-6-2)14(11-7-3)12-8-4;/h5-8H,1-4,9-12H2;1H. The minimum atomic E-state index is 0. The van der Waals surface area contributed by atoms with Crippen molar-refractivity contribution in [1.82, 2.24) is 10.0 Å². The van der Waals surface area contributed by atoms with Crippen molar-refractivity contribution in [3.05, 3.63) is 50.6 Å². The third-order valence-corrected chi connectivity index (χ3v) is 1.76. The molecule has 0 aromatic rings. The maximum absolute atomic E-state index is 3.73. The summed E-state index contributed by atoms with van der Waals surface area (Å²) in [5.41, 5.74) is 0. The van der Waals surface area contributed by atoms with Crippen LogP contribution in [0.4, 0.5) is 0 Å². The molecule has 0 spiro atoms. The van der Waals surface area contributed by atoms with Gasteiger partial charge in [-0.25, -0.2) is 10.0 Å². The first kappa shape index (κ1) is 16.6. The fourth-order valence-electron chi connectivity index (χ4n) is 1.21. The Labute approximate surface area is 99.6 Å². The quantitative estimate of drug-likeness (QED) is 0.442. The van der Waals surface area contributed by atoms with Gasteiger partial charge in [-0.15, -0.1) is 38.7 Å². The number of hydrazine groups is 1. The van der Waals surface area contributed by atoms with Crippen LogP contribution < -0.4 is 0 Å². The summed E-state index contributed by atoms with van der Waals surface area (Å²) in [6.45, 7) is 18.2. The molecular formula is C12H21ClN2. The highest BCUT2D eigenvalue weighted by Gasteiger charge is 2.08. The van der Waals surface area contributed by atoms with E-state index in [0.29, 0.717) is 0 Å². The van der Waals surface area contributed by atoms with Gasteiger partial charge in [0.25, 0.3) is 0 Å². The van der Waals surface area contributed by atoms with Crippen LogP contribution in [0.3, 0.4) is 0 Å². The Morgan fingerprint density at radius 1 is 0.600 bits per heavy atom.